The molecule has 0 spiro atoms. The smallest absolute Gasteiger partial charge is 0.145 e. The fourth-order valence-electron chi connectivity index (χ4n) is 2.46. The van der Waals surface area contributed by atoms with E-state index in [2.05, 4.69) is 41.0 Å². The second-order valence-corrected chi connectivity index (χ2v) is 6.52. The van der Waals surface area contributed by atoms with Gasteiger partial charge in [0.05, 0.1) is 6.04 Å². The highest BCUT2D eigenvalue weighted by Crippen LogP contribution is 2.45. The Kier molecular flexibility index (Phi) is 4.09. The highest BCUT2D eigenvalue weighted by Gasteiger charge is 2.40. The van der Waals surface area contributed by atoms with E-state index in [0.717, 1.165) is 18.8 Å². The lowest BCUT2D eigenvalue weighted by Crippen LogP contribution is -2.39. The van der Waals surface area contributed by atoms with Crippen molar-refractivity contribution < 1.29 is 0 Å². The quantitative estimate of drug-likeness (QED) is 0.874. The predicted octanol–water partition coefficient (Wildman–Crippen LogP) is 2.14. The fraction of sp³-hybridized carbons (Fsp3) is 0.833. The predicted molar refractivity (Wildman–Crippen MR) is 72.1 cm³/mol. The molecule has 0 radical (unpaired) electrons. The first kappa shape index (κ1) is 12.9. The number of thioether (sulfide) groups is 1. The zero-order chi connectivity index (χ0) is 12.3. The summed E-state index contributed by atoms with van der Waals surface area (Å²) in [7, 11) is 1.98. The average Bonchev–Trinajstić information content (AvgIpc) is 2.90. The van der Waals surface area contributed by atoms with Crippen LogP contribution in [0.3, 0.4) is 0 Å². The van der Waals surface area contributed by atoms with E-state index in [-0.39, 0.29) is 4.75 Å². The van der Waals surface area contributed by atoms with Gasteiger partial charge in [-0.25, -0.2) is 4.98 Å². The summed E-state index contributed by atoms with van der Waals surface area (Å²) in [5.74, 6) is 2.33. The summed E-state index contributed by atoms with van der Waals surface area (Å²) in [6, 6.07) is 0.308. The van der Waals surface area contributed by atoms with Crippen LogP contribution >= 0.6 is 11.8 Å². The number of aromatic nitrogens is 3. The molecular weight excluding hydrogens is 232 g/mol. The van der Waals surface area contributed by atoms with Crippen molar-refractivity contribution in [3.63, 3.8) is 0 Å². The van der Waals surface area contributed by atoms with Crippen molar-refractivity contribution in [2.75, 3.05) is 12.3 Å². The van der Waals surface area contributed by atoms with Gasteiger partial charge in [0.15, 0.2) is 0 Å². The molecular formula is C12H22N4S. The first-order valence-electron chi connectivity index (χ1n) is 6.38. The molecule has 2 rings (SSSR count). The zero-order valence-corrected chi connectivity index (χ0v) is 11.8. The number of rotatable bonds is 5. The van der Waals surface area contributed by atoms with Gasteiger partial charge in [-0.2, -0.15) is 16.9 Å². The van der Waals surface area contributed by atoms with Gasteiger partial charge in [-0.05, 0) is 38.5 Å². The van der Waals surface area contributed by atoms with Crippen LogP contribution in [0.1, 0.15) is 45.0 Å². The summed E-state index contributed by atoms with van der Waals surface area (Å²) in [5, 5.41) is 7.86. The minimum Gasteiger partial charge on any atom is -0.306 e. The van der Waals surface area contributed by atoms with Gasteiger partial charge in [0.2, 0.25) is 0 Å². The van der Waals surface area contributed by atoms with Crippen LogP contribution in [0.2, 0.25) is 0 Å². The number of aryl methyl sites for hydroxylation is 1. The van der Waals surface area contributed by atoms with Crippen molar-refractivity contribution in [1.82, 2.24) is 20.1 Å². The molecule has 2 unspecified atom stereocenters. The third kappa shape index (κ3) is 2.65. The van der Waals surface area contributed by atoms with E-state index in [1.54, 1.807) is 6.33 Å². The van der Waals surface area contributed by atoms with Crippen molar-refractivity contribution in [3.05, 3.63) is 12.2 Å². The summed E-state index contributed by atoms with van der Waals surface area (Å²) in [5.41, 5.74) is 0. The van der Waals surface area contributed by atoms with Gasteiger partial charge in [-0.1, -0.05) is 6.92 Å². The van der Waals surface area contributed by atoms with Gasteiger partial charge in [0, 0.05) is 11.8 Å². The summed E-state index contributed by atoms with van der Waals surface area (Å²) >= 11 is 2.07. The molecule has 0 bridgehead atoms. The Morgan fingerprint density at radius 2 is 2.47 bits per heavy atom. The standard InChI is InChI=1S/C12H22N4S/c1-4-7-13-10(11-14-9-15-16(11)3)12(2)6-5-8-17-12/h9-10,13H,4-8H2,1-3H3. The molecule has 5 heteroatoms. The Balaban J connectivity index is 2.21. The van der Waals surface area contributed by atoms with Gasteiger partial charge in [-0.15, -0.1) is 0 Å². The summed E-state index contributed by atoms with van der Waals surface area (Å²) < 4.78 is 2.16. The van der Waals surface area contributed by atoms with Crippen LogP contribution in [0.4, 0.5) is 0 Å². The van der Waals surface area contributed by atoms with Gasteiger partial charge in [-0.3, -0.25) is 4.68 Å². The van der Waals surface area contributed by atoms with E-state index < -0.39 is 0 Å². The lowest BCUT2D eigenvalue weighted by Gasteiger charge is -2.33. The van der Waals surface area contributed by atoms with Crippen LogP contribution in [-0.2, 0) is 7.05 Å². The molecule has 2 heterocycles. The van der Waals surface area contributed by atoms with Gasteiger partial charge < -0.3 is 5.32 Å². The number of nitrogens with one attached hydrogen (secondary N) is 1. The molecule has 4 nitrogen and oxygen atoms in total. The first-order valence-corrected chi connectivity index (χ1v) is 7.37. The monoisotopic (exact) mass is 254 g/mol. The maximum Gasteiger partial charge on any atom is 0.145 e. The highest BCUT2D eigenvalue weighted by atomic mass is 32.2. The molecule has 1 aliphatic rings. The first-order chi connectivity index (χ1) is 8.17. The number of nitrogens with zero attached hydrogens (tertiary/aromatic N) is 3. The van der Waals surface area contributed by atoms with Crippen molar-refractivity contribution in [3.8, 4) is 0 Å². The molecule has 0 saturated carbocycles. The Labute approximate surface area is 108 Å². The van der Waals surface area contributed by atoms with E-state index in [0.29, 0.717) is 6.04 Å². The summed E-state index contributed by atoms with van der Waals surface area (Å²) in [4.78, 5) is 4.43. The fourth-order valence-corrected chi connectivity index (χ4v) is 3.86. The summed E-state index contributed by atoms with van der Waals surface area (Å²) in [6.45, 7) is 5.59. The van der Waals surface area contributed by atoms with Crippen LogP contribution in [0.15, 0.2) is 6.33 Å². The molecule has 0 aromatic carbocycles. The molecule has 1 saturated heterocycles. The van der Waals surface area contributed by atoms with Crippen LogP contribution in [0.25, 0.3) is 0 Å². The molecule has 1 N–H and O–H groups in total. The normalized spacial score (nSPS) is 26.3. The Morgan fingerprint density at radius 3 is 3.00 bits per heavy atom. The molecule has 1 aliphatic heterocycles. The molecule has 96 valence electrons. The molecule has 1 aromatic heterocycles. The Hall–Kier alpha value is -0.550. The minimum atomic E-state index is 0.260. The zero-order valence-electron chi connectivity index (χ0n) is 10.9. The minimum absolute atomic E-state index is 0.260. The van der Waals surface area contributed by atoms with Gasteiger partial charge >= 0.3 is 0 Å². The molecule has 0 aliphatic carbocycles. The second kappa shape index (κ2) is 5.40. The molecule has 2 atom stereocenters. The lowest BCUT2D eigenvalue weighted by atomic mass is 9.95. The van der Waals surface area contributed by atoms with Crippen LogP contribution in [0, 0.1) is 0 Å². The van der Waals surface area contributed by atoms with Crippen LogP contribution < -0.4 is 5.32 Å². The lowest BCUT2D eigenvalue weighted by molar-refractivity contribution is 0.385. The maximum atomic E-state index is 4.43. The third-order valence-electron chi connectivity index (χ3n) is 3.46. The van der Waals surface area contributed by atoms with Crippen LogP contribution in [0.5, 0.6) is 0 Å². The number of hydrogen-bond acceptors (Lipinski definition) is 4. The van der Waals surface area contributed by atoms with Crippen LogP contribution in [-0.4, -0.2) is 31.8 Å². The SMILES string of the molecule is CCCNC(c1ncnn1C)C1(C)CCCS1. The van der Waals surface area contributed by atoms with Gasteiger partial charge in [0.1, 0.15) is 12.2 Å². The molecule has 17 heavy (non-hydrogen) atoms. The van der Waals surface area contributed by atoms with Crippen molar-refractivity contribution in [2.24, 2.45) is 7.05 Å². The van der Waals surface area contributed by atoms with E-state index >= 15 is 0 Å². The largest absolute Gasteiger partial charge is 0.306 e. The second-order valence-electron chi connectivity index (χ2n) is 4.89. The van der Waals surface area contributed by atoms with E-state index in [9.17, 15) is 0 Å². The Morgan fingerprint density at radius 1 is 1.65 bits per heavy atom. The average molecular weight is 254 g/mol. The highest BCUT2D eigenvalue weighted by molar-refractivity contribution is 8.00. The Bertz CT molecular complexity index is 357. The molecule has 1 aromatic rings. The van der Waals surface area contributed by atoms with E-state index in [1.807, 2.05) is 11.7 Å². The third-order valence-corrected chi connectivity index (χ3v) is 5.06. The molecule has 0 amide bonds. The number of hydrogen-bond donors (Lipinski definition) is 1. The maximum absolute atomic E-state index is 4.43. The molecule has 1 fully saturated rings. The topological polar surface area (TPSA) is 42.7 Å². The van der Waals surface area contributed by atoms with Gasteiger partial charge in [0.25, 0.3) is 0 Å². The van der Waals surface area contributed by atoms with Crippen molar-refractivity contribution in [2.45, 2.75) is 43.9 Å². The summed E-state index contributed by atoms with van der Waals surface area (Å²) in [6.07, 6.45) is 5.36. The van der Waals surface area contributed by atoms with E-state index in [4.69, 9.17) is 0 Å². The van der Waals surface area contributed by atoms with Crippen molar-refractivity contribution in [1.29, 1.82) is 0 Å². The van der Waals surface area contributed by atoms with Crippen molar-refractivity contribution >= 4 is 11.8 Å². The van der Waals surface area contributed by atoms with E-state index in [1.165, 1.54) is 18.6 Å².